The van der Waals surface area contributed by atoms with Gasteiger partial charge >= 0.3 is 0 Å². The third kappa shape index (κ3) is 3.22. The summed E-state index contributed by atoms with van der Waals surface area (Å²) in [5.41, 5.74) is 13.0. The zero-order valence-electron chi connectivity index (χ0n) is 16.1. The molecule has 0 aliphatic heterocycles. The van der Waals surface area contributed by atoms with Crippen LogP contribution < -0.4 is 22.7 Å². The van der Waals surface area contributed by atoms with Crippen LogP contribution in [0.1, 0.15) is 0 Å². The van der Waals surface area contributed by atoms with Crippen molar-refractivity contribution in [3.05, 3.63) is 97.1 Å². The summed E-state index contributed by atoms with van der Waals surface area (Å²) in [5, 5.41) is 3.64. The number of aryl methyl sites for hydroxylation is 1. The van der Waals surface area contributed by atoms with Gasteiger partial charge in [0.05, 0.1) is 10.8 Å². The summed E-state index contributed by atoms with van der Waals surface area (Å²) in [6, 6.07) is 34.0. The van der Waals surface area contributed by atoms with Crippen molar-refractivity contribution in [2.45, 2.75) is 0 Å². The number of hydrogen-bond donors (Lipinski definition) is 1. The van der Waals surface area contributed by atoms with Crippen molar-refractivity contribution >= 4 is 27.4 Å². The van der Waals surface area contributed by atoms with Gasteiger partial charge in [-0.1, -0.05) is 60.7 Å². The minimum absolute atomic E-state index is 0. The molecule has 3 heteroatoms. The van der Waals surface area contributed by atoms with Crippen LogP contribution in [0.5, 0.6) is 0 Å². The molecular weight excluding hydrogens is 376 g/mol. The van der Waals surface area contributed by atoms with Gasteiger partial charge in [0.25, 0.3) is 0 Å². The molecule has 0 spiro atoms. The summed E-state index contributed by atoms with van der Waals surface area (Å²) >= 11 is 0. The molecule has 29 heavy (non-hydrogen) atoms. The Labute approximate surface area is 176 Å². The first-order chi connectivity index (χ1) is 13.7. The summed E-state index contributed by atoms with van der Waals surface area (Å²) < 4.78 is 2.28. The van der Waals surface area contributed by atoms with Crippen molar-refractivity contribution in [2.75, 3.05) is 5.73 Å². The van der Waals surface area contributed by atoms with E-state index in [1.807, 2.05) is 12.1 Å². The van der Waals surface area contributed by atoms with Crippen molar-refractivity contribution < 1.29 is 17.0 Å². The monoisotopic (exact) mass is 396 g/mol. The molecule has 5 aromatic rings. The molecule has 0 aliphatic rings. The highest BCUT2D eigenvalue weighted by molar-refractivity contribution is 6.09. The number of nitrogens with zero attached hydrogens (tertiary/aromatic N) is 1. The zero-order valence-corrected chi connectivity index (χ0v) is 16.9. The van der Waals surface area contributed by atoms with E-state index in [0.29, 0.717) is 0 Å². The quantitative estimate of drug-likeness (QED) is 0.277. The number of nitrogen functional groups attached to an aromatic ring is 1. The molecule has 0 amide bonds. The van der Waals surface area contributed by atoms with Crippen LogP contribution in [0.2, 0.25) is 0 Å². The molecule has 0 atom stereocenters. The smallest absolute Gasteiger partial charge is 0.220 e. The predicted octanol–water partition coefficient (Wildman–Crippen LogP) is 2.74. The minimum atomic E-state index is 0. The molecule has 1 aromatic heterocycles. The SMILES string of the molecule is C[n+]1c(-c2cccc(-c3ccccc3)c2)c2cc(N)ccc2c2ccccc21.[Cl-]. The Bertz CT molecular complexity index is 1330. The third-order valence-electron chi connectivity index (χ3n) is 5.43. The molecule has 2 nitrogen and oxygen atoms in total. The van der Waals surface area contributed by atoms with Gasteiger partial charge in [-0.25, -0.2) is 0 Å². The summed E-state index contributed by atoms with van der Waals surface area (Å²) in [5.74, 6) is 0. The van der Waals surface area contributed by atoms with E-state index in [-0.39, 0.29) is 12.4 Å². The van der Waals surface area contributed by atoms with Crippen LogP contribution >= 0.6 is 0 Å². The second-order valence-corrected chi connectivity index (χ2v) is 7.18. The van der Waals surface area contributed by atoms with Crippen LogP contribution in [-0.4, -0.2) is 0 Å². The number of para-hydroxylation sites is 1. The van der Waals surface area contributed by atoms with E-state index in [1.54, 1.807) is 0 Å². The number of benzene rings is 4. The Hall–Kier alpha value is -3.36. The molecule has 5 rings (SSSR count). The maximum Gasteiger partial charge on any atom is 0.220 e. The Morgan fingerprint density at radius 1 is 0.586 bits per heavy atom. The van der Waals surface area contributed by atoms with E-state index >= 15 is 0 Å². The van der Waals surface area contributed by atoms with Crippen LogP contribution in [0.25, 0.3) is 44.1 Å². The van der Waals surface area contributed by atoms with Gasteiger partial charge in [-0.3, -0.25) is 0 Å². The number of fused-ring (bicyclic) bond motifs is 3. The van der Waals surface area contributed by atoms with Gasteiger partial charge < -0.3 is 18.1 Å². The van der Waals surface area contributed by atoms with Crippen LogP contribution in [-0.2, 0) is 7.05 Å². The van der Waals surface area contributed by atoms with Gasteiger partial charge in [-0.2, -0.15) is 4.57 Å². The lowest BCUT2D eigenvalue weighted by molar-refractivity contribution is -0.632. The lowest BCUT2D eigenvalue weighted by atomic mass is 9.96. The molecule has 0 bridgehead atoms. The number of anilines is 1. The maximum atomic E-state index is 6.18. The minimum Gasteiger partial charge on any atom is -1.00 e. The van der Waals surface area contributed by atoms with Crippen LogP contribution in [0, 0.1) is 0 Å². The Morgan fingerprint density at radius 3 is 2.10 bits per heavy atom. The number of aromatic nitrogens is 1. The van der Waals surface area contributed by atoms with Gasteiger partial charge in [-0.15, -0.1) is 0 Å². The van der Waals surface area contributed by atoms with Crippen molar-refractivity contribution in [1.29, 1.82) is 0 Å². The Balaban J connectivity index is 0.00000205. The highest BCUT2D eigenvalue weighted by atomic mass is 35.5. The van der Waals surface area contributed by atoms with E-state index in [4.69, 9.17) is 5.73 Å². The van der Waals surface area contributed by atoms with E-state index in [2.05, 4.69) is 96.5 Å². The number of nitrogens with two attached hydrogens (primary N) is 1. The van der Waals surface area contributed by atoms with E-state index < -0.39 is 0 Å². The summed E-state index contributed by atoms with van der Waals surface area (Å²) in [4.78, 5) is 0. The van der Waals surface area contributed by atoms with E-state index in [1.165, 1.54) is 44.1 Å². The fourth-order valence-corrected chi connectivity index (χ4v) is 4.11. The molecule has 0 radical (unpaired) electrons. The first-order valence-electron chi connectivity index (χ1n) is 9.48. The van der Waals surface area contributed by atoms with Crippen LogP contribution in [0.4, 0.5) is 5.69 Å². The lowest BCUT2D eigenvalue weighted by Crippen LogP contribution is -3.00. The van der Waals surface area contributed by atoms with Gasteiger partial charge in [0, 0.05) is 22.7 Å². The lowest BCUT2D eigenvalue weighted by Gasteiger charge is -2.11. The van der Waals surface area contributed by atoms with Gasteiger partial charge in [0.1, 0.15) is 7.05 Å². The first-order valence-corrected chi connectivity index (χ1v) is 9.48. The highest BCUT2D eigenvalue weighted by Gasteiger charge is 2.20. The molecule has 0 aliphatic carbocycles. The molecule has 0 fully saturated rings. The Morgan fingerprint density at radius 2 is 1.28 bits per heavy atom. The molecule has 4 aromatic carbocycles. The Kier molecular flexibility index (Phi) is 4.96. The fourth-order valence-electron chi connectivity index (χ4n) is 4.11. The number of halogens is 1. The van der Waals surface area contributed by atoms with Crippen molar-refractivity contribution in [3.63, 3.8) is 0 Å². The number of pyridine rings is 1. The number of hydrogen-bond acceptors (Lipinski definition) is 1. The van der Waals surface area contributed by atoms with Gasteiger partial charge in [-0.05, 0) is 41.5 Å². The standard InChI is InChI=1S/C26H21N2.ClH/c1-28-25-13-6-5-12-23(25)22-15-14-21(27)17-24(22)26(28)20-11-7-10-19(16-20)18-8-3-2-4-9-18;/h2-17H,27H2,1H3;1H/q+1;/p-1. The second-order valence-electron chi connectivity index (χ2n) is 7.18. The molecule has 0 saturated carbocycles. The predicted molar refractivity (Wildman–Crippen MR) is 118 cm³/mol. The van der Waals surface area contributed by atoms with Crippen molar-refractivity contribution in [3.8, 4) is 22.4 Å². The highest BCUT2D eigenvalue weighted by Crippen LogP contribution is 2.33. The molecule has 2 N–H and O–H groups in total. The number of rotatable bonds is 2. The van der Waals surface area contributed by atoms with Gasteiger partial charge in [0.2, 0.25) is 11.2 Å². The first kappa shape index (κ1) is 19.0. The molecule has 1 heterocycles. The molecule has 142 valence electrons. The average Bonchev–Trinajstić information content (AvgIpc) is 2.75. The molecular formula is C26H21ClN2. The van der Waals surface area contributed by atoms with E-state index in [0.717, 1.165) is 5.69 Å². The third-order valence-corrected chi connectivity index (χ3v) is 5.43. The van der Waals surface area contributed by atoms with E-state index in [9.17, 15) is 0 Å². The summed E-state index contributed by atoms with van der Waals surface area (Å²) in [7, 11) is 2.13. The molecule has 0 unspecified atom stereocenters. The molecule has 0 saturated heterocycles. The average molecular weight is 397 g/mol. The normalized spacial score (nSPS) is 10.8. The fraction of sp³-hybridized carbons (Fsp3) is 0.0385. The topological polar surface area (TPSA) is 29.9 Å². The zero-order chi connectivity index (χ0) is 19.1. The van der Waals surface area contributed by atoms with Crippen LogP contribution in [0.3, 0.4) is 0 Å². The van der Waals surface area contributed by atoms with Crippen LogP contribution in [0.15, 0.2) is 97.1 Å². The summed E-state index contributed by atoms with van der Waals surface area (Å²) in [6.45, 7) is 0. The van der Waals surface area contributed by atoms with Gasteiger partial charge in [0.15, 0.2) is 0 Å². The maximum absolute atomic E-state index is 6.18. The van der Waals surface area contributed by atoms with Crippen molar-refractivity contribution in [1.82, 2.24) is 0 Å². The summed E-state index contributed by atoms with van der Waals surface area (Å²) in [6.07, 6.45) is 0. The van der Waals surface area contributed by atoms with Crippen molar-refractivity contribution in [2.24, 2.45) is 7.05 Å². The largest absolute Gasteiger partial charge is 1.00 e. The second kappa shape index (κ2) is 7.57.